The zero-order valence-electron chi connectivity index (χ0n) is 12.1. The SMILES string of the molecule is O=C(Cn1ccc2ccccc21)NC[C@@H](O)c1ccccc1. The molecule has 2 N–H and O–H groups in total. The number of amides is 1. The Morgan fingerprint density at radius 2 is 1.77 bits per heavy atom. The molecule has 0 aliphatic carbocycles. The first-order valence-electron chi connectivity index (χ1n) is 7.27. The second-order valence-corrected chi connectivity index (χ2v) is 5.23. The lowest BCUT2D eigenvalue weighted by molar-refractivity contribution is -0.122. The maximum absolute atomic E-state index is 12.0. The van der Waals surface area contributed by atoms with Crippen LogP contribution in [-0.2, 0) is 11.3 Å². The molecule has 112 valence electrons. The first-order valence-corrected chi connectivity index (χ1v) is 7.27. The number of nitrogens with one attached hydrogen (secondary N) is 1. The second-order valence-electron chi connectivity index (χ2n) is 5.23. The third-order valence-electron chi connectivity index (χ3n) is 3.67. The number of aliphatic hydroxyl groups excluding tert-OH is 1. The number of carbonyl (C=O) groups excluding carboxylic acids is 1. The molecule has 0 saturated heterocycles. The molecular formula is C18H18N2O2. The average Bonchev–Trinajstić information content (AvgIpc) is 2.97. The number of aliphatic hydroxyl groups is 1. The van der Waals surface area contributed by atoms with Crippen molar-refractivity contribution in [1.29, 1.82) is 0 Å². The normalized spacial score (nSPS) is 12.2. The lowest BCUT2D eigenvalue weighted by Gasteiger charge is -2.12. The van der Waals surface area contributed by atoms with E-state index in [1.807, 2.05) is 71.4 Å². The summed E-state index contributed by atoms with van der Waals surface area (Å²) in [5, 5.41) is 13.9. The van der Waals surface area contributed by atoms with Gasteiger partial charge >= 0.3 is 0 Å². The predicted octanol–water partition coefficient (Wildman–Crippen LogP) is 2.49. The number of hydrogen-bond acceptors (Lipinski definition) is 2. The number of carbonyl (C=O) groups is 1. The number of para-hydroxylation sites is 1. The van der Waals surface area contributed by atoms with Crippen molar-refractivity contribution >= 4 is 16.8 Å². The maximum Gasteiger partial charge on any atom is 0.240 e. The Hall–Kier alpha value is -2.59. The van der Waals surface area contributed by atoms with Crippen LogP contribution in [-0.4, -0.2) is 22.1 Å². The van der Waals surface area contributed by atoms with Crippen LogP contribution in [0, 0.1) is 0 Å². The van der Waals surface area contributed by atoms with Gasteiger partial charge in [0.1, 0.15) is 6.54 Å². The van der Waals surface area contributed by atoms with Gasteiger partial charge in [0.2, 0.25) is 5.91 Å². The van der Waals surface area contributed by atoms with Gasteiger partial charge in [0.05, 0.1) is 6.10 Å². The third kappa shape index (κ3) is 3.18. The summed E-state index contributed by atoms with van der Waals surface area (Å²) < 4.78 is 1.90. The molecule has 0 radical (unpaired) electrons. The maximum atomic E-state index is 12.0. The fourth-order valence-corrected chi connectivity index (χ4v) is 2.49. The Kier molecular flexibility index (Phi) is 4.21. The highest BCUT2D eigenvalue weighted by molar-refractivity contribution is 5.83. The minimum Gasteiger partial charge on any atom is -0.387 e. The Bertz CT molecular complexity index is 765. The van der Waals surface area contributed by atoms with Gasteiger partial charge in [-0.25, -0.2) is 0 Å². The zero-order valence-corrected chi connectivity index (χ0v) is 12.1. The molecule has 1 heterocycles. The van der Waals surface area contributed by atoms with Gasteiger partial charge in [0.25, 0.3) is 0 Å². The number of benzene rings is 2. The molecule has 4 nitrogen and oxygen atoms in total. The standard InChI is InChI=1S/C18H18N2O2/c21-17(15-7-2-1-3-8-15)12-19-18(22)13-20-11-10-14-6-4-5-9-16(14)20/h1-11,17,21H,12-13H2,(H,19,22)/t17-/m1/s1. The van der Waals surface area contributed by atoms with Crippen LogP contribution in [0.3, 0.4) is 0 Å². The van der Waals surface area contributed by atoms with Gasteiger partial charge in [-0.2, -0.15) is 0 Å². The van der Waals surface area contributed by atoms with Gasteiger partial charge in [-0.05, 0) is 23.1 Å². The van der Waals surface area contributed by atoms with E-state index >= 15 is 0 Å². The predicted molar refractivity (Wildman–Crippen MR) is 86.3 cm³/mol. The number of aromatic nitrogens is 1. The summed E-state index contributed by atoms with van der Waals surface area (Å²) in [5.41, 5.74) is 1.83. The van der Waals surface area contributed by atoms with Gasteiger partial charge < -0.3 is 15.0 Å². The molecule has 2 aromatic carbocycles. The highest BCUT2D eigenvalue weighted by Gasteiger charge is 2.10. The van der Waals surface area contributed by atoms with Gasteiger partial charge in [-0.1, -0.05) is 48.5 Å². The minimum absolute atomic E-state index is 0.115. The van der Waals surface area contributed by atoms with Crippen molar-refractivity contribution < 1.29 is 9.90 Å². The van der Waals surface area contributed by atoms with Crippen LogP contribution >= 0.6 is 0 Å². The Morgan fingerprint density at radius 3 is 2.59 bits per heavy atom. The van der Waals surface area contributed by atoms with Crippen molar-refractivity contribution in [2.45, 2.75) is 12.6 Å². The van der Waals surface area contributed by atoms with Crippen LogP contribution in [0.15, 0.2) is 66.9 Å². The van der Waals surface area contributed by atoms with Crippen molar-refractivity contribution in [2.24, 2.45) is 0 Å². The highest BCUT2D eigenvalue weighted by atomic mass is 16.3. The quantitative estimate of drug-likeness (QED) is 0.759. The van der Waals surface area contributed by atoms with E-state index in [0.717, 1.165) is 16.5 Å². The van der Waals surface area contributed by atoms with E-state index in [1.165, 1.54) is 0 Å². The van der Waals surface area contributed by atoms with E-state index in [9.17, 15) is 9.90 Å². The van der Waals surface area contributed by atoms with Crippen molar-refractivity contribution in [2.75, 3.05) is 6.54 Å². The number of hydrogen-bond donors (Lipinski definition) is 2. The summed E-state index contributed by atoms with van der Waals surface area (Å²) in [6.45, 7) is 0.455. The Morgan fingerprint density at radius 1 is 1.05 bits per heavy atom. The molecule has 4 heteroatoms. The minimum atomic E-state index is -0.688. The van der Waals surface area contributed by atoms with Crippen molar-refractivity contribution in [1.82, 2.24) is 9.88 Å². The van der Waals surface area contributed by atoms with E-state index in [0.29, 0.717) is 0 Å². The van der Waals surface area contributed by atoms with Gasteiger partial charge in [-0.3, -0.25) is 4.79 Å². The van der Waals surface area contributed by atoms with E-state index in [1.54, 1.807) is 0 Å². The second kappa shape index (κ2) is 6.45. The lowest BCUT2D eigenvalue weighted by atomic mass is 10.1. The first kappa shape index (κ1) is 14.4. The fourth-order valence-electron chi connectivity index (χ4n) is 2.49. The molecule has 1 aromatic heterocycles. The average molecular weight is 294 g/mol. The Labute approximate surface area is 129 Å². The zero-order chi connectivity index (χ0) is 15.4. The van der Waals surface area contributed by atoms with Gasteiger partial charge in [0, 0.05) is 18.3 Å². The molecule has 1 amide bonds. The number of rotatable bonds is 5. The topological polar surface area (TPSA) is 54.3 Å². The summed E-state index contributed by atoms with van der Waals surface area (Å²) in [6, 6.07) is 19.2. The van der Waals surface area contributed by atoms with Crippen LogP contribution in [0.5, 0.6) is 0 Å². The number of fused-ring (bicyclic) bond motifs is 1. The molecule has 0 aliphatic rings. The van der Waals surface area contributed by atoms with Gasteiger partial charge in [-0.15, -0.1) is 0 Å². The van der Waals surface area contributed by atoms with Crippen LogP contribution < -0.4 is 5.32 Å². The highest BCUT2D eigenvalue weighted by Crippen LogP contribution is 2.15. The third-order valence-corrected chi connectivity index (χ3v) is 3.67. The van der Waals surface area contributed by atoms with E-state index < -0.39 is 6.10 Å². The summed E-state index contributed by atoms with van der Waals surface area (Å²) in [6.07, 6.45) is 1.21. The molecule has 0 aliphatic heterocycles. The molecule has 0 fully saturated rings. The molecule has 1 atom stereocenters. The Balaban J connectivity index is 1.59. The van der Waals surface area contributed by atoms with Crippen LogP contribution in [0.25, 0.3) is 10.9 Å². The molecule has 0 saturated carbocycles. The van der Waals surface area contributed by atoms with Crippen LogP contribution in [0.2, 0.25) is 0 Å². The lowest BCUT2D eigenvalue weighted by Crippen LogP contribution is -2.31. The molecule has 0 bridgehead atoms. The summed E-state index contributed by atoms with van der Waals surface area (Å²) in [5.74, 6) is -0.115. The van der Waals surface area contributed by atoms with Crippen molar-refractivity contribution in [3.8, 4) is 0 Å². The monoisotopic (exact) mass is 294 g/mol. The molecule has 3 aromatic rings. The molecule has 0 spiro atoms. The van der Waals surface area contributed by atoms with Crippen molar-refractivity contribution in [3.05, 3.63) is 72.4 Å². The van der Waals surface area contributed by atoms with E-state index in [-0.39, 0.29) is 19.0 Å². The largest absolute Gasteiger partial charge is 0.387 e. The van der Waals surface area contributed by atoms with Crippen LogP contribution in [0.4, 0.5) is 0 Å². The fraction of sp³-hybridized carbons (Fsp3) is 0.167. The smallest absolute Gasteiger partial charge is 0.240 e. The summed E-state index contributed by atoms with van der Waals surface area (Å²) in [4.78, 5) is 12.0. The molecule has 0 unspecified atom stereocenters. The molecular weight excluding hydrogens is 276 g/mol. The first-order chi connectivity index (χ1) is 10.7. The van der Waals surface area contributed by atoms with E-state index in [4.69, 9.17) is 0 Å². The summed E-state index contributed by atoms with van der Waals surface area (Å²) in [7, 11) is 0. The molecule has 22 heavy (non-hydrogen) atoms. The van der Waals surface area contributed by atoms with Crippen LogP contribution in [0.1, 0.15) is 11.7 Å². The van der Waals surface area contributed by atoms with Crippen molar-refractivity contribution in [3.63, 3.8) is 0 Å². The van der Waals surface area contributed by atoms with Gasteiger partial charge in [0.15, 0.2) is 0 Å². The van der Waals surface area contributed by atoms with E-state index in [2.05, 4.69) is 5.32 Å². The number of nitrogens with zero attached hydrogens (tertiary/aromatic N) is 1. The summed E-state index contributed by atoms with van der Waals surface area (Å²) >= 11 is 0. The molecule has 3 rings (SSSR count).